The second kappa shape index (κ2) is 8.01. The Kier molecular flexibility index (Phi) is 6.61. The molecule has 1 rings (SSSR count). The fraction of sp³-hybridized carbons (Fsp3) is 0.533. The first kappa shape index (κ1) is 14.9. The van der Waals surface area contributed by atoms with Gasteiger partial charge < -0.3 is 9.64 Å². The predicted molar refractivity (Wildman–Crippen MR) is 74.1 cm³/mol. The van der Waals surface area contributed by atoms with Gasteiger partial charge in [-0.1, -0.05) is 23.8 Å². The minimum Gasteiger partial charge on any atom is -0.385 e. The van der Waals surface area contributed by atoms with Crippen LogP contribution in [0.25, 0.3) is 0 Å². The Hall–Kier alpha value is -1.19. The minimum absolute atomic E-state index is 0.220. The first-order valence-electron chi connectivity index (χ1n) is 6.41. The molecule has 0 N–H and O–H groups in total. The van der Waals surface area contributed by atoms with E-state index in [0.29, 0.717) is 6.42 Å². The second-order valence-corrected chi connectivity index (χ2v) is 4.69. The summed E-state index contributed by atoms with van der Waals surface area (Å²) in [6.07, 6.45) is 1.58. The lowest BCUT2D eigenvalue weighted by atomic mass is 10.1. The average molecular weight is 249 g/mol. The van der Waals surface area contributed by atoms with Crippen molar-refractivity contribution in [3.63, 3.8) is 0 Å². The summed E-state index contributed by atoms with van der Waals surface area (Å²) in [4.78, 5) is 14.2. The molecular weight excluding hydrogens is 226 g/mol. The summed E-state index contributed by atoms with van der Waals surface area (Å²) in [6.45, 7) is 4.55. The number of carbonyl (C=O) groups is 1. The molecule has 0 aliphatic carbocycles. The molecule has 0 fully saturated rings. The maximum atomic E-state index is 12.0. The third kappa shape index (κ3) is 5.43. The summed E-state index contributed by atoms with van der Waals surface area (Å²) in [7, 11) is 3.75. The first-order chi connectivity index (χ1) is 8.63. The summed E-state index contributed by atoms with van der Waals surface area (Å²) in [5.41, 5.74) is 1.95. The Balaban J connectivity index is 2.32. The lowest BCUT2D eigenvalue weighted by molar-refractivity contribution is 0.0966. The van der Waals surface area contributed by atoms with Crippen LogP contribution in [0.5, 0.6) is 0 Å². The molecule has 0 heterocycles. The van der Waals surface area contributed by atoms with Gasteiger partial charge in [-0.15, -0.1) is 0 Å². The Labute approximate surface area is 110 Å². The lowest BCUT2D eigenvalue weighted by Crippen LogP contribution is -2.23. The van der Waals surface area contributed by atoms with Gasteiger partial charge in [0.1, 0.15) is 0 Å². The molecule has 100 valence electrons. The quantitative estimate of drug-likeness (QED) is 0.524. The van der Waals surface area contributed by atoms with Crippen molar-refractivity contribution in [2.75, 3.05) is 33.9 Å². The van der Waals surface area contributed by atoms with Crippen molar-refractivity contribution in [3.8, 4) is 0 Å². The molecule has 0 saturated carbocycles. The molecule has 0 unspecified atom stereocenters. The molecule has 0 radical (unpaired) electrons. The number of benzene rings is 1. The van der Waals surface area contributed by atoms with Gasteiger partial charge in [-0.05, 0) is 26.5 Å². The van der Waals surface area contributed by atoms with Crippen molar-refractivity contribution in [1.82, 2.24) is 4.90 Å². The van der Waals surface area contributed by atoms with Crippen LogP contribution in [0.4, 0.5) is 0 Å². The summed E-state index contributed by atoms with van der Waals surface area (Å²) in [5.74, 6) is 0.220. The van der Waals surface area contributed by atoms with Crippen LogP contribution in [0.1, 0.15) is 28.8 Å². The number of methoxy groups -OCH3 is 1. The van der Waals surface area contributed by atoms with Gasteiger partial charge in [0.2, 0.25) is 0 Å². The zero-order chi connectivity index (χ0) is 13.4. The van der Waals surface area contributed by atoms with E-state index in [-0.39, 0.29) is 5.78 Å². The molecule has 3 heteroatoms. The van der Waals surface area contributed by atoms with Crippen molar-refractivity contribution >= 4 is 5.78 Å². The number of rotatable bonds is 8. The van der Waals surface area contributed by atoms with Gasteiger partial charge in [0.05, 0.1) is 0 Å². The molecule has 1 aromatic rings. The molecule has 0 spiro atoms. The zero-order valence-electron chi connectivity index (χ0n) is 11.6. The van der Waals surface area contributed by atoms with Crippen LogP contribution in [0.3, 0.4) is 0 Å². The highest BCUT2D eigenvalue weighted by Gasteiger charge is 2.07. The van der Waals surface area contributed by atoms with Crippen molar-refractivity contribution in [3.05, 3.63) is 35.4 Å². The van der Waals surface area contributed by atoms with Gasteiger partial charge in [-0.3, -0.25) is 4.79 Å². The lowest BCUT2D eigenvalue weighted by Gasteiger charge is -2.15. The van der Waals surface area contributed by atoms with Crippen LogP contribution in [0.2, 0.25) is 0 Å². The number of hydrogen-bond acceptors (Lipinski definition) is 3. The van der Waals surface area contributed by atoms with E-state index < -0.39 is 0 Å². The van der Waals surface area contributed by atoms with Crippen LogP contribution in [0.15, 0.2) is 24.3 Å². The van der Waals surface area contributed by atoms with Crippen molar-refractivity contribution in [2.24, 2.45) is 0 Å². The van der Waals surface area contributed by atoms with E-state index in [2.05, 4.69) is 4.90 Å². The van der Waals surface area contributed by atoms with Crippen molar-refractivity contribution in [2.45, 2.75) is 19.8 Å². The zero-order valence-corrected chi connectivity index (χ0v) is 11.6. The molecule has 0 aliphatic heterocycles. The number of carbonyl (C=O) groups excluding carboxylic acids is 1. The molecule has 0 saturated heterocycles. The van der Waals surface area contributed by atoms with E-state index in [4.69, 9.17) is 4.74 Å². The molecular formula is C15H23NO2. The monoisotopic (exact) mass is 249 g/mol. The maximum absolute atomic E-state index is 12.0. The van der Waals surface area contributed by atoms with Crippen LogP contribution in [-0.4, -0.2) is 44.5 Å². The molecule has 0 bridgehead atoms. The highest BCUT2D eigenvalue weighted by Crippen LogP contribution is 2.07. The number of aryl methyl sites for hydroxylation is 1. The number of hydrogen-bond donors (Lipinski definition) is 0. The Bertz CT molecular complexity index is 377. The highest BCUT2D eigenvalue weighted by atomic mass is 16.5. The van der Waals surface area contributed by atoms with Gasteiger partial charge in [-0.2, -0.15) is 0 Å². The fourth-order valence-corrected chi connectivity index (χ4v) is 1.85. The van der Waals surface area contributed by atoms with Crippen LogP contribution in [-0.2, 0) is 4.74 Å². The fourth-order valence-electron chi connectivity index (χ4n) is 1.85. The summed E-state index contributed by atoms with van der Waals surface area (Å²) in [6, 6.07) is 7.78. The summed E-state index contributed by atoms with van der Waals surface area (Å²) < 4.78 is 5.01. The Morgan fingerprint density at radius 3 is 2.78 bits per heavy atom. The van der Waals surface area contributed by atoms with Gasteiger partial charge >= 0.3 is 0 Å². The smallest absolute Gasteiger partial charge is 0.164 e. The van der Waals surface area contributed by atoms with E-state index in [1.807, 2.05) is 38.2 Å². The van der Waals surface area contributed by atoms with E-state index in [9.17, 15) is 4.79 Å². The van der Waals surface area contributed by atoms with Crippen LogP contribution in [0, 0.1) is 6.92 Å². The third-order valence-electron chi connectivity index (χ3n) is 2.95. The first-order valence-corrected chi connectivity index (χ1v) is 6.41. The van der Waals surface area contributed by atoms with Crippen LogP contribution < -0.4 is 0 Å². The van der Waals surface area contributed by atoms with E-state index in [1.54, 1.807) is 7.11 Å². The molecule has 0 aliphatic rings. The largest absolute Gasteiger partial charge is 0.385 e. The number of ketones is 1. The molecule has 0 atom stereocenters. The van der Waals surface area contributed by atoms with E-state index in [0.717, 1.165) is 37.2 Å². The topological polar surface area (TPSA) is 29.5 Å². The molecule has 0 amide bonds. The summed E-state index contributed by atoms with van der Waals surface area (Å²) in [5, 5.41) is 0. The van der Waals surface area contributed by atoms with Gasteiger partial charge in [-0.25, -0.2) is 0 Å². The SMILES string of the molecule is COCCCN(C)CCC(=O)c1cccc(C)c1. The predicted octanol–water partition coefficient (Wildman–Crippen LogP) is 2.54. The van der Waals surface area contributed by atoms with Gasteiger partial charge in [0.25, 0.3) is 0 Å². The van der Waals surface area contributed by atoms with Crippen molar-refractivity contribution in [1.29, 1.82) is 0 Å². The maximum Gasteiger partial charge on any atom is 0.164 e. The van der Waals surface area contributed by atoms with Gasteiger partial charge in [0.15, 0.2) is 5.78 Å². The Morgan fingerprint density at radius 2 is 2.11 bits per heavy atom. The molecule has 3 nitrogen and oxygen atoms in total. The molecule has 0 aromatic heterocycles. The normalized spacial score (nSPS) is 10.9. The highest BCUT2D eigenvalue weighted by molar-refractivity contribution is 5.96. The second-order valence-electron chi connectivity index (χ2n) is 4.69. The third-order valence-corrected chi connectivity index (χ3v) is 2.95. The average Bonchev–Trinajstić information content (AvgIpc) is 2.36. The number of ether oxygens (including phenoxy) is 1. The molecule has 1 aromatic carbocycles. The van der Waals surface area contributed by atoms with E-state index in [1.165, 1.54) is 0 Å². The van der Waals surface area contributed by atoms with Crippen molar-refractivity contribution < 1.29 is 9.53 Å². The number of nitrogens with zero attached hydrogens (tertiary/aromatic N) is 1. The standard InChI is InChI=1S/C15H23NO2/c1-13-6-4-7-14(12-13)15(17)8-10-16(2)9-5-11-18-3/h4,6-7,12H,5,8-11H2,1-3H3. The molecule has 18 heavy (non-hydrogen) atoms. The summed E-state index contributed by atoms with van der Waals surface area (Å²) >= 11 is 0. The Morgan fingerprint density at radius 1 is 1.33 bits per heavy atom. The van der Waals surface area contributed by atoms with Crippen LogP contribution >= 0.6 is 0 Å². The minimum atomic E-state index is 0.220. The number of Topliss-reactive ketones (excluding diaryl/α,β-unsaturated/α-hetero) is 1. The van der Waals surface area contributed by atoms with Gasteiger partial charge in [0, 0.05) is 38.8 Å². The van der Waals surface area contributed by atoms with E-state index >= 15 is 0 Å².